The lowest BCUT2D eigenvalue weighted by Crippen LogP contribution is -1.77. The molecule has 0 saturated carbocycles. The van der Waals surface area contributed by atoms with Gasteiger partial charge in [0.25, 0.3) is 0 Å². The van der Waals surface area contributed by atoms with Crippen molar-refractivity contribution in [2.45, 2.75) is 51.9 Å². The summed E-state index contributed by atoms with van der Waals surface area (Å²) in [6, 6.07) is 0. The molecule has 0 aromatic carbocycles. The molecule has 0 saturated heterocycles. The number of ether oxygens (including phenoxy) is 1. The normalized spacial score (nSPS) is 11.6. The van der Waals surface area contributed by atoms with E-state index in [0.717, 1.165) is 0 Å². The summed E-state index contributed by atoms with van der Waals surface area (Å²) in [5, 5.41) is 0. The highest BCUT2D eigenvalue weighted by Gasteiger charge is 1.87. The topological polar surface area (TPSA) is 9.23 Å². The van der Waals surface area contributed by atoms with E-state index in [2.05, 4.69) is 19.1 Å². The van der Waals surface area contributed by atoms with Crippen molar-refractivity contribution in [3.8, 4) is 0 Å². The van der Waals surface area contributed by atoms with E-state index in [0.29, 0.717) is 0 Å². The summed E-state index contributed by atoms with van der Waals surface area (Å²) >= 11 is 0. The molecule has 0 aliphatic rings. The van der Waals surface area contributed by atoms with Crippen LogP contribution in [0.2, 0.25) is 0 Å². The minimum absolute atomic E-state index is 1.19. The molecule has 0 bridgehead atoms. The number of unbranched alkanes of at least 4 members (excludes halogenated alkanes) is 6. The van der Waals surface area contributed by atoms with Crippen molar-refractivity contribution < 1.29 is 4.74 Å². The van der Waals surface area contributed by atoms with Gasteiger partial charge in [-0.25, -0.2) is 0 Å². The van der Waals surface area contributed by atoms with Gasteiger partial charge in [-0.3, -0.25) is 0 Å². The quantitative estimate of drug-likeness (QED) is 0.301. The van der Waals surface area contributed by atoms with E-state index in [1.165, 1.54) is 44.9 Å². The van der Waals surface area contributed by atoms with Crippen molar-refractivity contribution >= 4 is 0 Å². The number of hydrogen-bond donors (Lipinski definition) is 0. The van der Waals surface area contributed by atoms with Crippen molar-refractivity contribution in [2.24, 2.45) is 0 Å². The third-order valence-electron chi connectivity index (χ3n) is 2.19. The molecule has 14 heavy (non-hydrogen) atoms. The molecule has 0 aliphatic heterocycles. The van der Waals surface area contributed by atoms with Gasteiger partial charge in [0.15, 0.2) is 0 Å². The average Bonchev–Trinajstić information content (AvgIpc) is 2.21. The molecule has 0 atom stereocenters. The lowest BCUT2D eigenvalue weighted by Gasteiger charge is -1.97. The van der Waals surface area contributed by atoms with Gasteiger partial charge in [-0.2, -0.15) is 0 Å². The molecule has 1 heteroatoms. The fourth-order valence-electron chi connectivity index (χ4n) is 1.34. The summed E-state index contributed by atoms with van der Waals surface area (Å²) in [5.74, 6) is 0. The van der Waals surface area contributed by atoms with E-state index in [9.17, 15) is 0 Å². The van der Waals surface area contributed by atoms with Gasteiger partial charge < -0.3 is 4.74 Å². The number of hydrogen-bond acceptors (Lipinski definition) is 1. The zero-order valence-electron chi connectivity index (χ0n) is 9.67. The fraction of sp³-hybridized carbons (Fsp3) is 0.692. The summed E-state index contributed by atoms with van der Waals surface area (Å²) in [7, 11) is 1.66. The monoisotopic (exact) mass is 196 g/mol. The van der Waals surface area contributed by atoms with Crippen LogP contribution < -0.4 is 0 Å². The molecule has 0 rings (SSSR count). The molecule has 0 radical (unpaired) electrons. The van der Waals surface area contributed by atoms with E-state index < -0.39 is 0 Å². The summed E-state index contributed by atoms with van der Waals surface area (Å²) in [6.45, 7) is 2.25. The Kier molecular flexibility index (Phi) is 11.6. The minimum Gasteiger partial charge on any atom is -0.504 e. The largest absolute Gasteiger partial charge is 0.504 e. The molecule has 0 amide bonds. The molecule has 82 valence electrons. The second kappa shape index (κ2) is 12.3. The standard InChI is InChI=1S/C13H24O/c1-3-4-5-6-7-8-9-10-11-12-13-14-2/h10-13H,3-9H2,1-2H3/b11-10+,13-12+. The maximum Gasteiger partial charge on any atom is 0.0824 e. The van der Waals surface area contributed by atoms with Gasteiger partial charge >= 0.3 is 0 Å². The van der Waals surface area contributed by atoms with Gasteiger partial charge in [-0.05, 0) is 18.9 Å². The van der Waals surface area contributed by atoms with Crippen LogP contribution in [0.3, 0.4) is 0 Å². The molecule has 0 N–H and O–H groups in total. The van der Waals surface area contributed by atoms with E-state index in [1.807, 2.05) is 6.08 Å². The Morgan fingerprint density at radius 1 is 0.929 bits per heavy atom. The van der Waals surface area contributed by atoms with E-state index in [1.54, 1.807) is 13.4 Å². The molecule has 0 fully saturated rings. The molecule has 0 aliphatic carbocycles. The Morgan fingerprint density at radius 2 is 1.64 bits per heavy atom. The SMILES string of the molecule is CCCCCCCC/C=C/C=C/OC. The highest BCUT2D eigenvalue weighted by Crippen LogP contribution is 2.06. The first-order chi connectivity index (χ1) is 6.91. The first-order valence-corrected chi connectivity index (χ1v) is 5.76. The second-order valence-electron chi connectivity index (χ2n) is 3.55. The number of allylic oxidation sites excluding steroid dienone is 3. The Balaban J connectivity index is 3.05. The van der Waals surface area contributed by atoms with Gasteiger partial charge in [0.05, 0.1) is 13.4 Å². The van der Waals surface area contributed by atoms with Crippen LogP contribution in [0.4, 0.5) is 0 Å². The summed E-state index contributed by atoms with van der Waals surface area (Å²) in [6.07, 6.45) is 17.3. The highest BCUT2D eigenvalue weighted by atomic mass is 16.5. The maximum atomic E-state index is 4.78. The fourth-order valence-corrected chi connectivity index (χ4v) is 1.34. The molecule has 0 spiro atoms. The van der Waals surface area contributed by atoms with Crippen LogP contribution in [0.5, 0.6) is 0 Å². The minimum atomic E-state index is 1.19. The van der Waals surface area contributed by atoms with Gasteiger partial charge in [0, 0.05) is 0 Å². The number of methoxy groups -OCH3 is 1. The lowest BCUT2D eigenvalue weighted by atomic mass is 10.1. The van der Waals surface area contributed by atoms with Crippen molar-refractivity contribution in [3.63, 3.8) is 0 Å². The maximum absolute atomic E-state index is 4.78. The predicted octanol–water partition coefficient (Wildman–Crippen LogP) is 4.45. The summed E-state index contributed by atoms with van der Waals surface area (Å²) in [5.41, 5.74) is 0. The van der Waals surface area contributed by atoms with Gasteiger partial charge in [0.1, 0.15) is 0 Å². The molecule has 0 heterocycles. The molecule has 0 unspecified atom stereocenters. The third-order valence-corrected chi connectivity index (χ3v) is 2.19. The molecule has 0 aromatic rings. The lowest BCUT2D eigenvalue weighted by molar-refractivity contribution is 0.338. The van der Waals surface area contributed by atoms with Crippen molar-refractivity contribution in [3.05, 3.63) is 24.5 Å². The smallest absolute Gasteiger partial charge is 0.0824 e. The van der Waals surface area contributed by atoms with Gasteiger partial charge in [-0.15, -0.1) is 0 Å². The zero-order valence-corrected chi connectivity index (χ0v) is 9.67. The van der Waals surface area contributed by atoms with Crippen molar-refractivity contribution in [1.29, 1.82) is 0 Å². The molecule has 1 nitrogen and oxygen atoms in total. The summed E-state index contributed by atoms with van der Waals surface area (Å²) < 4.78 is 4.78. The van der Waals surface area contributed by atoms with Crippen LogP contribution in [0.15, 0.2) is 24.5 Å². The highest BCUT2D eigenvalue weighted by molar-refractivity contribution is 4.99. The van der Waals surface area contributed by atoms with Gasteiger partial charge in [-0.1, -0.05) is 51.2 Å². The predicted molar refractivity (Wildman–Crippen MR) is 63.3 cm³/mol. The Labute approximate surface area is 88.9 Å². The van der Waals surface area contributed by atoms with Crippen LogP contribution in [0, 0.1) is 0 Å². The third kappa shape index (κ3) is 11.3. The zero-order chi connectivity index (χ0) is 10.5. The van der Waals surface area contributed by atoms with Crippen LogP contribution in [0.25, 0.3) is 0 Å². The Hall–Kier alpha value is -0.720. The van der Waals surface area contributed by atoms with E-state index in [-0.39, 0.29) is 0 Å². The molecular weight excluding hydrogens is 172 g/mol. The van der Waals surface area contributed by atoms with Crippen molar-refractivity contribution in [1.82, 2.24) is 0 Å². The Bertz CT molecular complexity index is 147. The summed E-state index contributed by atoms with van der Waals surface area (Å²) in [4.78, 5) is 0. The van der Waals surface area contributed by atoms with E-state index >= 15 is 0 Å². The van der Waals surface area contributed by atoms with Crippen LogP contribution in [0.1, 0.15) is 51.9 Å². The van der Waals surface area contributed by atoms with Crippen LogP contribution in [-0.2, 0) is 4.74 Å². The average molecular weight is 196 g/mol. The van der Waals surface area contributed by atoms with Gasteiger partial charge in [0.2, 0.25) is 0 Å². The van der Waals surface area contributed by atoms with Crippen LogP contribution >= 0.6 is 0 Å². The first-order valence-electron chi connectivity index (χ1n) is 5.76. The van der Waals surface area contributed by atoms with E-state index in [4.69, 9.17) is 4.74 Å². The number of rotatable bonds is 9. The Morgan fingerprint density at radius 3 is 2.36 bits per heavy atom. The second-order valence-corrected chi connectivity index (χ2v) is 3.55. The first kappa shape index (κ1) is 13.3. The molecular formula is C13H24O. The van der Waals surface area contributed by atoms with Crippen LogP contribution in [-0.4, -0.2) is 7.11 Å². The molecule has 0 aromatic heterocycles. The van der Waals surface area contributed by atoms with Crippen molar-refractivity contribution in [2.75, 3.05) is 7.11 Å².